The molecule has 0 aliphatic rings. The molecular formula is C18H14ClN3O. The second-order valence-corrected chi connectivity index (χ2v) is 5.37. The van der Waals surface area contributed by atoms with Gasteiger partial charge < -0.3 is 5.32 Å². The Labute approximate surface area is 138 Å². The Kier molecular flexibility index (Phi) is 4.54. The van der Waals surface area contributed by atoms with Crippen molar-refractivity contribution in [2.75, 3.05) is 5.32 Å². The van der Waals surface area contributed by atoms with Gasteiger partial charge in [0.25, 0.3) is 0 Å². The van der Waals surface area contributed by atoms with Gasteiger partial charge in [-0.05, 0) is 46.7 Å². The first-order chi connectivity index (χ1) is 11.2. The maximum Gasteiger partial charge on any atom is 0.339 e. The van der Waals surface area contributed by atoms with Gasteiger partial charge in [0.05, 0.1) is 6.21 Å². The summed E-state index contributed by atoms with van der Waals surface area (Å²) < 4.78 is 0. The number of carbonyl (C=O) groups excluding carboxylic acids is 1. The van der Waals surface area contributed by atoms with Crippen LogP contribution in [0.25, 0.3) is 10.8 Å². The summed E-state index contributed by atoms with van der Waals surface area (Å²) in [6, 6.07) is 20.5. The van der Waals surface area contributed by atoms with E-state index >= 15 is 0 Å². The number of anilines is 1. The van der Waals surface area contributed by atoms with Crippen LogP contribution in [0.5, 0.6) is 0 Å². The highest BCUT2D eigenvalue weighted by molar-refractivity contribution is 6.30. The molecule has 0 radical (unpaired) electrons. The van der Waals surface area contributed by atoms with Crippen LogP contribution in [-0.2, 0) is 0 Å². The summed E-state index contributed by atoms with van der Waals surface area (Å²) in [5, 5.41) is 9.52. The number of carbonyl (C=O) groups is 1. The minimum absolute atomic E-state index is 0.413. The van der Waals surface area contributed by atoms with Crippen LogP contribution in [0.1, 0.15) is 5.56 Å². The van der Waals surface area contributed by atoms with E-state index in [-0.39, 0.29) is 0 Å². The van der Waals surface area contributed by atoms with Crippen LogP contribution >= 0.6 is 11.6 Å². The van der Waals surface area contributed by atoms with Crippen molar-refractivity contribution in [3.05, 3.63) is 77.3 Å². The first kappa shape index (κ1) is 15.1. The van der Waals surface area contributed by atoms with Gasteiger partial charge >= 0.3 is 6.03 Å². The largest absolute Gasteiger partial charge is 0.339 e. The minimum Gasteiger partial charge on any atom is -0.307 e. The average Bonchev–Trinajstić information content (AvgIpc) is 2.57. The fourth-order valence-electron chi connectivity index (χ4n) is 2.15. The van der Waals surface area contributed by atoms with Crippen LogP contribution in [0.2, 0.25) is 5.02 Å². The molecule has 0 aromatic heterocycles. The van der Waals surface area contributed by atoms with Gasteiger partial charge in [-0.3, -0.25) is 0 Å². The summed E-state index contributed by atoms with van der Waals surface area (Å²) in [6.45, 7) is 0. The third kappa shape index (κ3) is 4.08. The standard InChI is InChI=1S/C18H14ClN3O/c19-16-7-9-17(10-8-16)21-18(23)22-20-12-13-5-6-14-3-1-2-4-15(14)11-13/h1-12H,(H2,21,22,23)/b20-12+. The van der Waals surface area contributed by atoms with E-state index in [0.717, 1.165) is 16.3 Å². The second-order valence-electron chi connectivity index (χ2n) is 4.94. The van der Waals surface area contributed by atoms with Crippen molar-refractivity contribution < 1.29 is 4.79 Å². The van der Waals surface area contributed by atoms with Crippen LogP contribution < -0.4 is 10.7 Å². The number of hydrogen-bond donors (Lipinski definition) is 2. The number of nitrogens with one attached hydrogen (secondary N) is 2. The molecule has 0 aliphatic carbocycles. The lowest BCUT2D eigenvalue weighted by Gasteiger charge is -2.04. The first-order valence-electron chi connectivity index (χ1n) is 7.05. The Hall–Kier alpha value is -2.85. The number of benzene rings is 3. The molecule has 0 saturated carbocycles. The molecule has 0 bridgehead atoms. The second kappa shape index (κ2) is 6.94. The van der Waals surface area contributed by atoms with Crippen molar-refractivity contribution in [2.24, 2.45) is 5.10 Å². The van der Waals surface area contributed by atoms with Crippen molar-refractivity contribution >= 4 is 40.3 Å². The van der Waals surface area contributed by atoms with Gasteiger partial charge in [-0.25, -0.2) is 10.2 Å². The molecule has 0 unspecified atom stereocenters. The van der Waals surface area contributed by atoms with Crippen LogP contribution in [0.15, 0.2) is 71.8 Å². The summed E-state index contributed by atoms with van der Waals surface area (Å²) in [5.74, 6) is 0. The van der Waals surface area contributed by atoms with Crippen molar-refractivity contribution in [1.29, 1.82) is 0 Å². The Bertz CT molecular complexity index is 860. The highest BCUT2D eigenvalue weighted by Gasteiger charge is 1.99. The van der Waals surface area contributed by atoms with Crippen LogP contribution in [0.4, 0.5) is 10.5 Å². The Morgan fingerprint density at radius 2 is 1.70 bits per heavy atom. The molecule has 3 rings (SSSR count). The Morgan fingerprint density at radius 3 is 2.48 bits per heavy atom. The maximum atomic E-state index is 11.7. The molecule has 3 aromatic rings. The molecule has 4 nitrogen and oxygen atoms in total. The summed E-state index contributed by atoms with van der Waals surface area (Å²) in [6.07, 6.45) is 1.61. The Morgan fingerprint density at radius 1 is 0.957 bits per heavy atom. The van der Waals surface area contributed by atoms with E-state index in [4.69, 9.17) is 11.6 Å². The molecule has 3 aromatic carbocycles. The molecule has 0 aliphatic heterocycles. The number of urea groups is 1. The van der Waals surface area contributed by atoms with Crippen LogP contribution in [0, 0.1) is 0 Å². The normalized spacial score (nSPS) is 10.8. The molecule has 5 heteroatoms. The van der Waals surface area contributed by atoms with E-state index in [0.29, 0.717) is 10.7 Å². The smallest absolute Gasteiger partial charge is 0.307 e. The fourth-order valence-corrected chi connectivity index (χ4v) is 2.27. The van der Waals surface area contributed by atoms with E-state index in [9.17, 15) is 4.79 Å². The molecule has 0 fully saturated rings. The number of fused-ring (bicyclic) bond motifs is 1. The van der Waals surface area contributed by atoms with Gasteiger partial charge in [0, 0.05) is 10.7 Å². The zero-order valence-corrected chi connectivity index (χ0v) is 12.9. The van der Waals surface area contributed by atoms with Crippen molar-refractivity contribution in [2.45, 2.75) is 0 Å². The monoisotopic (exact) mass is 323 g/mol. The van der Waals surface area contributed by atoms with Gasteiger partial charge in [-0.2, -0.15) is 5.10 Å². The van der Waals surface area contributed by atoms with E-state index in [1.165, 1.54) is 0 Å². The first-order valence-corrected chi connectivity index (χ1v) is 7.43. The minimum atomic E-state index is -0.413. The number of nitrogens with zero attached hydrogens (tertiary/aromatic N) is 1. The van der Waals surface area contributed by atoms with Gasteiger partial charge in [-0.1, -0.05) is 48.0 Å². The summed E-state index contributed by atoms with van der Waals surface area (Å²) in [7, 11) is 0. The van der Waals surface area contributed by atoms with Gasteiger partial charge in [0.2, 0.25) is 0 Å². The topological polar surface area (TPSA) is 53.5 Å². The molecule has 0 saturated heterocycles. The van der Waals surface area contributed by atoms with Crippen molar-refractivity contribution in [3.8, 4) is 0 Å². The molecule has 114 valence electrons. The maximum absolute atomic E-state index is 11.7. The molecule has 0 spiro atoms. The predicted molar refractivity (Wildman–Crippen MR) is 95.1 cm³/mol. The highest BCUT2D eigenvalue weighted by Crippen LogP contribution is 2.15. The molecule has 2 N–H and O–H groups in total. The molecule has 0 heterocycles. The summed E-state index contributed by atoms with van der Waals surface area (Å²) in [5.41, 5.74) is 3.99. The van der Waals surface area contributed by atoms with Crippen LogP contribution in [0.3, 0.4) is 0 Å². The predicted octanol–water partition coefficient (Wildman–Crippen LogP) is 4.65. The number of rotatable bonds is 3. The quantitative estimate of drug-likeness (QED) is 0.535. The van der Waals surface area contributed by atoms with Gasteiger partial charge in [-0.15, -0.1) is 0 Å². The third-order valence-corrected chi connectivity index (χ3v) is 3.51. The average molecular weight is 324 g/mol. The number of hydrogen-bond acceptors (Lipinski definition) is 2. The lowest BCUT2D eigenvalue weighted by atomic mass is 10.1. The summed E-state index contributed by atoms with van der Waals surface area (Å²) >= 11 is 5.79. The molecule has 2 amide bonds. The van der Waals surface area contributed by atoms with E-state index in [2.05, 4.69) is 15.8 Å². The van der Waals surface area contributed by atoms with Gasteiger partial charge in [0.1, 0.15) is 0 Å². The third-order valence-electron chi connectivity index (χ3n) is 3.26. The Balaban J connectivity index is 1.60. The SMILES string of the molecule is O=C(N/N=C/c1ccc2ccccc2c1)Nc1ccc(Cl)cc1. The van der Waals surface area contributed by atoms with E-state index in [1.807, 2.05) is 42.5 Å². The van der Waals surface area contributed by atoms with Crippen molar-refractivity contribution in [1.82, 2.24) is 5.43 Å². The number of hydrazone groups is 1. The summed E-state index contributed by atoms with van der Waals surface area (Å²) in [4.78, 5) is 11.7. The fraction of sp³-hybridized carbons (Fsp3) is 0. The molecule has 0 atom stereocenters. The molecule has 23 heavy (non-hydrogen) atoms. The number of amides is 2. The van der Waals surface area contributed by atoms with Crippen LogP contribution in [-0.4, -0.2) is 12.2 Å². The highest BCUT2D eigenvalue weighted by atomic mass is 35.5. The molecular weight excluding hydrogens is 310 g/mol. The zero-order chi connectivity index (χ0) is 16.1. The lowest BCUT2D eigenvalue weighted by molar-refractivity contribution is 0.252. The zero-order valence-electron chi connectivity index (χ0n) is 12.2. The van der Waals surface area contributed by atoms with E-state index in [1.54, 1.807) is 30.5 Å². The lowest BCUT2D eigenvalue weighted by Crippen LogP contribution is -2.24. The van der Waals surface area contributed by atoms with E-state index < -0.39 is 6.03 Å². The van der Waals surface area contributed by atoms with Crippen molar-refractivity contribution in [3.63, 3.8) is 0 Å². The number of halogens is 1. The van der Waals surface area contributed by atoms with Gasteiger partial charge in [0.15, 0.2) is 0 Å².